The summed E-state index contributed by atoms with van der Waals surface area (Å²) >= 11 is 0. The van der Waals surface area contributed by atoms with Gasteiger partial charge in [0.05, 0.1) is 0 Å². The minimum atomic E-state index is -1.68. The Hall–Kier alpha value is -2.20. The van der Waals surface area contributed by atoms with E-state index in [1.165, 1.54) is 0 Å². The molecular formula is C14H20O10. The van der Waals surface area contributed by atoms with E-state index in [0.717, 1.165) is 27.7 Å². The van der Waals surface area contributed by atoms with Crippen molar-refractivity contribution in [3.05, 3.63) is 0 Å². The maximum atomic E-state index is 11.3. The molecule has 0 spiro atoms. The Morgan fingerprint density at radius 1 is 0.792 bits per heavy atom. The summed E-state index contributed by atoms with van der Waals surface area (Å²) in [5, 5.41) is 10.0. The Kier molecular flexibility index (Phi) is 7.11. The molecule has 1 heterocycles. The van der Waals surface area contributed by atoms with Crippen LogP contribution in [-0.2, 0) is 42.9 Å². The molecule has 0 aliphatic carbocycles. The van der Waals surface area contributed by atoms with Gasteiger partial charge >= 0.3 is 23.9 Å². The van der Waals surface area contributed by atoms with Crippen LogP contribution < -0.4 is 0 Å². The van der Waals surface area contributed by atoms with Gasteiger partial charge in [-0.1, -0.05) is 0 Å². The van der Waals surface area contributed by atoms with Crippen molar-refractivity contribution >= 4 is 23.9 Å². The predicted molar refractivity (Wildman–Crippen MR) is 74.2 cm³/mol. The number of hydrogen-bond donors (Lipinski definition) is 1. The number of ether oxygens (including phenoxy) is 5. The zero-order valence-corrected chi connectivity index (χ0v) is 13.7. The first-order valence-electron chi connectivity index (χ1n) is 7.10. The summed E-state index contributed by atoms with van der Waals surface area (Å²) in [5.41, 5.74) is 0. The quantitative estimate of drug-likeness (QED) is 0.490. The summed E-state index contributed by atoms with van der Waals surface area (Å²) in [6, 6.07) is 0. The Labute approximate surface area is 137 Å². The van der Waals surface area contributed by atoms with Crippen LogP contribution in [0, 0.1) is 0 Å². The maximum absolute atomic E-state index is 11.3. The van der Waals surface area contributed by atoms with E-state index in [1.807, 2.05) is 0 Å². The third-order valence-electron chi connectivity index (χ3n) is 2.97. The van der Waals surface area contributed by atoms with E-state index in [-0.39, 0.29) is 6.61 Å². The van der Waals surface area contributed by atoms with Gasteiger partial charge in [0.25, 0.3) is 0 Å². The van der Waals surface area contributed by atoms with E-state index >= 15 is 0 Å². The smallest absolute Gasteiger partial charge is 0.303 e. The van der Waals surface area contributed by atoms with Gasteiger partial charge in [0, 0.05) is 27.7 Å². The lowest BCUT2D eigenvalue weighted by Crippen LogP contribution is -2.62. The lowest BCUT2D eigenvalue weighted by molar-refractivity contribution is -0.296. The Morgan fingerprint density at radius 2 is 1.25 bits per heavy atom. The molecule has 136 valence electrons. The molecule has 1 fully saturated rings. The Balaban J connectivity index is 3.11. The molecule has 0 radical (unpaired) electrons. The van der Waals surface area contributed by atoms with E-state index in [0.29, 0.717) is 0 Å². The first-order valence-corrected chi connectivity index (χ1v) is 7.10. The van der Waals surface area contributed by atoms with Crippen LogP contribution >= 0.6 is 0 Å². The molecule has 0 aromatic heterocycles. The molecule has 1 rings (SSSR count). The van der Waals surface area contributed by atoms with Gasteiger partial charge in [0.1, 0.15) is 12.7 Å². The number of carbonyl (C=O) groups is 4. The molecule has 1 N–H and O–H groups in total. The highest BCUT2D eigenvalue weighted by Gasteiger charge is 2.51. The summed E-state index contributed by atoms with van der Waals surface area (Å²) in [7, 11) is 0. The van der Waals surface area contributed by atoms with Crippen LogP contribution in [0.15, 0.2) is 0 Å². The van der Waals surface area contributed by atoms with Crippen molar-refractivity contribution in [1.82, 2.24) is 0 Å². The molecule has 0 aromatic rings. The van der Waals surface area contributed by atoms with E-state index < -0.39 is 54.6 Å². The van der Waals surface area contributed by atoms with E-state index in [2.05, 4.69) is 0 Å². The van der Waals surface area contributed by atoms with E-state index in [9.17, 15) is 24.3 Å². The number of aliphatic hydroxyl groups excluding tert-OH is 1. The second kappa shape index (κ2) is 8.60. The van der Waals surface area contributed by atoms with Gasteiger partial charge in [0.2, 0.25) is 0 Å². The second-order valence-electron chi connectivity index (χ2n) is 5.09. The van der Waals surface area contributed by atoms with Gasteiger partial charge < -0.3 is 28.8 Å². The molecule has 24 heavy (non-hydrogen) atoms. The van der Waals surface area contributed by atoms with Crippen molar-refractivity contribution < 1.29 is 48.0 Å². The van der Waals surface area contributed by atoms with Crippen molar-refractivity contribution in [3.8, 4) is 0 Å². The summed E-state index contributed by atoms with van der Waals surface area (Å²) in [6.45, 7) is 4.09. The molecule has 1 aliphatic rings. The molecule has 0 saturated carbocycles. The first-order chi connectivity index (χ1) is 11.1. The van der Waals surface area contributed by atoms with Crippen LogP contribution in [0.3, 0.4) is 0 Å². The van der Waals surface area contributed by atoms with Crippen molar-refractivity contribution in [2.45, 2.75) is 58.4 Å². The molecule has 0 bridgehead atoms. The predicted octanol–water partition coefficient (Wildman–Crippen LogP) is -0.938. The highest BCUT2D eigenvalue weighted by atomic mass is 16.7. The Bertz CT molecular complexity index is 502. The average molecular weight is 348 g/mol. The van der Waals surface area contributed by atoms with Gasteiger partial charge in [-0.05, 0) is 0 Å². The molecule has 10 heteroatoms. The van der Waals surface area contributed by atoms with E-state index in [1.54, 1.807) is 0 Å². The lowest BCUT2D eigenvalue weighted by atomic mass is 9.98. The molecule has 1 saturated heterocycles. The third-order valence-corrected chi connectivity index (χ3v) is 2.97. The van der Waals surface area contributed by atoms with Crippen molar-refractivity contribution in [2.75, 3.05) is 6.61 Å². The topological polar surface area (TPSA) is 135 Å². The largest absolute Gasteiger partial charge is 0.463 e. The molecule has 5 atom stereocenters. The van der Waals surface area contributed by atoms with Crippen molar-refractivity contribution in [1.29, 1.82) is 0 Å². The fourth-order valence-corrected chi connectivity index (χ4v) is 2.21. The zero-order valence-electron chi connectivity index (χ0n) is 13.7. The standard InChI is InChI=1S/C14H20O10/c1-6(15)20-5-10-11(21-7(2)16)12(22-8(3)17)13(14(19)24-10)23-9(4)18/h10-14,19H,5H2,1-4H3/t10-,11+,12+,13-,14-/m0/s1. The number of hydrogen-bond acceptors (Lipinski definition) is 10. The van der Waals surface area contributed by atoms with E-state index in [4.69, 9.17) is 23.7 Å². The first kappa shape index (κ1) is 19.8. The maximum Gasteiger partial charge on any atom is 0.303 e. The van der Waals surface area contributed by atoms with Crippen molar-refractivity contribution in [2.24, 2.45) is 0 Å². The summed E-state index contributed by atoms with van der Waals surface area (Å²) in [5.74, 6) is -2.87. The van der Waals surface area contributed by atoms with Gasteiger partial charge in [0.15, 0.2) is 24.6 Å². The molecule has 0 unspecified atom stereocenters. The molecule has 0 aromatic carbocycles. The molecule has 0 amide bonds. The van der Waals surface area contributed by atoms with Crippen LogP contribution in [0.4, 0.5) is 0 Å². The minimum absolute atomic E-state index is 0.366. The van der Waals surface area contributed by atoms with Crippen LogP contribution in [0.1, 0.15) is 27.7 Å². The van der Waals surface area contributed by atoms with Crippen molar-refractivity contribution in [3.63, 3.8) is 0 Å². The highest BCUT2D eigenvalue weighted by molar-refractivity contribution is 5.68. The van der Waals surface area contributed by atoms with Crippen LogP contribution in [-0.4, -0.2) is 66.3 Å². The second-order valence-corrected chi connectivity index (χ2v) is 5.09. The van der Waals surface area contributed by atoms with Gasteiger partial charge in [-0.15, -0.1) is 0 Å². The minimum Gasteiger partial charge on any atom is -0.463 e. The zero-order chi connectivity index (χ0) is 18.4. The van der Waals surface area contributed by atoms with Crippen LogP contribution in [0.5, 0.6) is 0 Å². The molecular weight excluding hydrogens is 328 g/mol. The normalized spacial score (nSPS) is 29.3. The summed E-state index contributed by atoms with van der Waals surface area (Å²) < 4.78 is 25.0. The number of rotatable bonds is 5. The number of carbonyl (C=O) groups excluding carboxylic acids is 4. The Morgan fingerprint density at radius 3 is 1.71 bits per heavy atom. The molecule has 10 nitrogen and oxygen atoms in total. The highest BCUT2D eigenvalue weighted by Crippen LogP contribution is 2.28. The van der Waals surface area contributed by atoms with Gasteiger partial charge in [-0.25, -0.2) is 0 Å². The molecule has 1 aliphatic heterocycles. The van der Waals surface area contributed by atoms with Gasteiger partial charge in [-0.2, -0.15) is 0 Å². The van der Waals surface area contributed by atoms with Crippen LogP contribution in [0.2, 0.25) is 0 Å². The lowest BCUT2D eigenvalue weighted by Gasteiger charge is -2.42. The monoisotopic (exact) mass is 348 g/mol. The number of esters is 4. The van der Waals surface area contributed by atoms with Crippen LogP contribution in [0.25, 0.3) is 0 Å². The fourth-order valence-electron chi connectivity index (χ4n) is 2.21. The third kappa shape index (κ3) is 5.78. The summed E-state index contributed by atoms with van der Waals surface area (Å²) in [6.07, 6.45) is -6.79. The SMILES string of the molecule is CC(=O)OC[C@@H]1O[C@H](O)[C@@H](OC(C)=O)[C@H](OC(C)=O)[C@@H]1OC(C)=O. The van der Waals surface area contributed by atoms with Gasteiger partial charge in [-0.3, -0.25) is 19.2 Å². The number of aliphatic hydroxyl groups is 1. The summed E-state index contributed by atoms with van der Waals surface area (Å²) in [4.78, 5) is 44.9. The average Bonchev–Trinajstić information content (AvgIpc) is 2.42. The fraction of sp³-hybridized carbons (Fsp3) is 0.714.